The van der Waals surface area contributed by atoms with Gasteiger partial charge in [0.1, 0.15) is 5.69 Å². The number of pyridine rings is 1. The van der Waals surface area contributed by atoms with Crippen molar-refractivity contribution >= 4 is 5.91 Å². The summed E-state index contributed by atoms with van der Waals surface area (Å²) in [5.74, 6) is -0.156. The van der Waals surface area contributed by atoms with Crippen molar-refractivity contribution in [3.8, 4) is 11.1 Å². The molecule has 0 fully saturated rings. The van der Waals surface area contributed by atoms with Crippen LogP contribution < -0.4 is 5.32 Å². The van der Waals surface area contributed by atoms with E-state index in [0.29, 0.717) is 12.2 Å². The van der Waals surface area contributed by atoms with E-state index in [0.717, 1.165) is 22.4 Å². The molecule has 1 N–H and O–H groups in total. The number of amides is 1. The topological polar surface area (TPSA) is 73.0 Å². The zero-order valence-corrected chi connectivity index (χ0v) is 12.4. The number of nitrogens with one attached hydrogen (secondary N) is 1. The van der Waals surface area contributed by atoms with Gasteiger partial charge in [0.2, 0.25) is 0 Å². The summed E-state index contributed by atoms with van der Waals surface area (Å²) in [7, 11) is 1.75. The Morgan fingerprint density at radius 1 is 1.32 bits per heavy atom. The zero-order chi connectivity index (χ0) is 15.5. The number of furan rings is 1. The van der Waals surface area contributed by atoms with Crippen molar-refractivity contribution in [1.29, 1.82) is 0 Å². The lowest BCUT2D eigenvalue weighted by Gasteiger charge is -2.06. The van der Waals surface area contributed by atoms with Crippen molar-refractivity contribution in [2.75, 3.05) is 0 Å². The number of nitrogens with zero attached hydrogens (tertiary/aromatic N) is 3. The van der Waals surface area contributed by atoms with Gasteiger partial charge in [0.15, 0.2) is 0 Å². The molecule has 0 atom stereocenters. The van der Waals surface area contributed by atoms with Gasteiger partial charge in [-0.3, -0.25) is 14.5 Å². The molecule has 6 nitrogen and oxygen atoms in total. The molecule has 0 aliphatic rings. The number of aromatic nitrogens is 3. The molecule has 0 aromatic carbocycles. The lowest BCUT2D eigenvalue weighted by molar-refractivity contribution is 0.0941. The van der Waals surface area contributed by atoms with Crippen LogP contribution in [0.5, 0.6) is 0 Å². The fraction of sp³-hybridized carbons (Fsp3) is 0.188. The van der Waals surface area contributed by atoms with Crippen LogP contribution in [0.15, 0.2) is 47.5 Å². The number of hydrogen-bond donors (Lipinski definition) is 1. The number of carbonyl (C=O) groups is 1. The summed E-state index contributed by atoms with van der Waals surface area (Å²) >= 11 is 0. The van der Waals surface area contributed by atoms with Gasteiger partial charge in [-0.1, -0.05) is 0 Å². The van der Waals surface area contributed by atoms with E-state index < -0.39 is 0 Å². The van der Waals surface area contributed by atoms with Gasteiger partial charge in [-0.05, 0) is 30.7 Å². The number of hydrogen-bond acceptors (Lipinski definition) is 4. The summed E-state index contributed by atoms with van der Waals surface area (Å²) in [6, 6.07) is 5.61. The first-order valence-corrected chi connectivity index (χ1v) is 6.89. The van der Waals surface area contributed by atoms with Gasteiger partial charge >= 0.3 is 0 Å². The molecule has 3 heterocycles. The third-order valence-corrected chi connectivity index (χ3v) is 3.34. The summed E-state index contributed by atoms with van der Waals surface area (Å²) in [5, 5.41) is 7.05. The Kier molecular flexibility index (Phi) is 3.74. The molecule has 112 valence electrons. The van der Waals surface area contributed by atoms with Crippen LogP contribution in [0.3, 0.4) is 0 Å². The summed E-state index contributed by atoms with van der Waals surface area (Å²) in [6.45, 7) is 2.26. The highest BCUT2D eigenvalue weighted by molar-refractivity contribution is 5.92. The third-order valence-electron chi connectivity index (χ3n) is 3.34. The van der Waals surface area contributed by atoms with Crippen LogP contribution in [0.1, 0.15) is 21.7 Å². The van der Waals surface area contributed by atoms with Crippen LogP contribution in [0, 0.1) is 6.92 Å². The van der Waals surface area contributed by atoms with Crippen molar-refractivity contribution in [1.82, 2.24) is 20.1 Å². The van der Waals surface area contributed by atoms with E-state index in [2.05, 4.69) is 15.4 Å². The average molecular weight is 296 g/mol. The Labute approximate surface area is 127 Å². The molecule has 3 rings (SSSR count). The van der Waals surface area contributed by atoms with E-state index in [1.54, 1.807) is 42.7 Å². The second kappa shape index (κ2) is 5.85. The van der Waals surface area contributed by atoms with E-state index in [1.165, 1.54) is 0 Å². The minimum atomic E-state index is -0.156. The van der Waals surface area contributed by atoms with Gasteiger partial charge < -0.3 is 9.73 Å². The van der Waals surface area contributed by atoms with Crippen LogP contribution in [-0.2, 0) is 13.6 Å². The lowest BCUT2D eigenvalue weighted by Crippen LogP contribution is -2.25. The van der Waals surface area contributed by atoms with Gasteiger partial charge in [-0.25, -0.2) is 0 Å². The fourth-order valence-corrected chi connectivity index (χ4v) is 2.27. The maximum atomic E-state index is 12.2. The van der Waals surface area contributed by atoms with Gasteiger partial charge in [0.25, 0.3) is 5.91 Å². The van der Waals surface area contributed by atoms with E-state index in [1.807, 2.05) is 19.1 Å². The normalized spacial score (nSPS) is 10.6. The van der Waals surface area contributed by atoms with Crippen LogP contribution in [-0.4, -0.2) is 20.7 Å². The summed E-state index contributed by atoms with van der Waals surface area (Å²) in [5.41, 5.74) is 4.19. The Morgan fingerprint density at radius 2 is 2.18 bits per heavy atom. The van der Waals surface area contributed by atoms with Crippen molar-refractivity contribution in [3.05, 3.63) is 60.1 Å². The maximum Gasteiger partial charge on any atom is 0.269 e. The standard InChI is InChI=1S/C16H16N4O2/c1-11-5-15(20(2)19-11)16(21)18-8-12-6-14(9-17-7-12)13-3-4-22-10-13/h3-7,9-10H,8H2,1-2H3,(H,18,21). The van der Waals surface area contributed by atoms with Gasteiger partial charge in [0, 0.05) is 37.1 Å². The molecule has 22 heavy (non-hydrogen) atoms. The Bertz CT molecular complexity index is 790. The monoisotopic (exact) mass is 296 g/mol. The van der Waals surface area contributed by atoms with Crippen molar-refractivity contribution in [2.24, 2.45) is 7.05 Å². The molecular weight excluding hydrogens is 280 g/mol. The molecule has 0 unspecified atom stereocenters. The summed E-state index contributed by atoms with van der Waals surface area (Å²) < 4.78 is 6.65. The maximum absolute atomic E-state index is 12.2. The molecule has 3 aromatic rings. The molecule has 0 spiro atoms. The molecule has 6 heteroatoms. The van der Waals surface area contributed by atoms with Crippen molar-refractivity contribution < 1.29 is 9.21 Å². The first kappa shape index (κ1) is 14.1. The van der Waals surface area contributed by atoms with Crippen molar-refractivity contribution in [2.45, 2.75) is 13.5 Å². The molecule has 1 amide bonds. The Hall–Kier alpha value is -2.89. The quantitative estimate of drug-likeness (QED) is 0.802. The van der Waals surface area contributed by atoms with E-state index in [4.69, 9.17) is 4.42 Å². The second-order valence-electron chi connectivity index (χ2n) is 5.07. The summed E-state index contributed by atoms with van der Waals surface area (Å²) in [6.07, 6.45) is 6.78. The number of aryl methyl sites for hydroxylation is 2. The number of carbonyl (C=O) groups excluding carboxylic acids is 1. The molecular formula is C16H16N4O2. The van der Waals surface area contributed by atoms with Gasteiger partial charge in [-0.15, -0.1) is 0 Å². The molecule has 0 saturated carbocycles. The SMILES string of the molecule is Cc1cc(C(=O)NCc2cncc(-c3ccoc3)c2)n(C)n1. The molecule has 0 bridgehead atoms. The lowest BCUT2D eigenvalue weighted by atomic mass is 10.1. The first-order valence-electron chi connectivity index (χ1n) is 6.89. The van der Waals surface area contributed by atoms with Crippen LogP contribution in [0.4, 0.5) is 0 Å². The Morgan fingerprint density at radius 3 is 2.86 bits per heavy atom. The summed E-state index contributed by atoms with van der Waals surface area (Å²) in [4.78, 5) is 16.4. The second-order valence-corrected chi connectivity index (χ2v) is 5.07. The van der Waals surface area contributed by atoms with E-state index in [-0.39, 0.29) is 5.91 Å². The third kappa shape index (κ3) is 2.90. The Balaban J connectivity index is 1.70. The predicted octanol–water partition coefficient (Wildman–Crippen LogP) is 2.31. The average Bonchev–Trinajstić information content (AvgIpc) is 3.15. The van der Waals surface area contributed by atoms with Crippen LogP contribution in [0.25, 0.3) is 11.1 Å². The molecule has 0 radical (unpaired) electrons. The van der Waals surface area contributed by atoms with E-state index >= 15 is 0 Å². The largest absolute Gasteiger partial charge is 0.472 e. The molecule has 0 saturated heterocycles. The minimum Gasteiger partial charge on any atom is -0.472 e. The number of rotatable bonds is 4. The molecule has 0 aliphatic carbocycles. The fourth-order valence-electron chi connectivity index (χ4n) is 2.27. The predicted molar refractivity (Wildman–Crippen MR) is 81.1 cm³/mol. The highest BCUT2D eigenvalue weighted by Gasteiger charge is 2.11. The highest BCUT2D eigenvalue weighted by Crippen LogP contribution is 2.19. The smallest absolute Gasteiger partial charge is 0.269 e. The zero-order valence-electron chi connectivity index (χ0n) is 12.4. The molecule has 3 aromatic heterocycles. The van der Waals surface area contributed by atoms with Crippen LogP contribution in [0.2, 0.25) is 0 Å². The van der Waals surface area contributed by atoms with E-state index in [9.17, 15) is 4.79 Å². The van der Waals surface area contributed by atoms with Crippen LogP contribution >= 0.6 is 0 Å². The minimum absolute atomic E-state index is 0.156. The molecule has 0 aliphatic heterocycles. The highest BCUT2D eigenvalue weighted by atomic mass is 16.3. The van der Waals surface area contributed by atoms with Gasteiger partial charge in [-0.2, -0.15) is 5.10 Å². The first-order chi connectivity index (χ1) is 10.6. The van der Waals surface area contributed by atoms with Gasteiger partial charge in [0.05, 0.1) is 18.2 Å². The van der Waals surface area contributed by atoms with Crippen molar-refractivity contribution in [3.63, 3.8) is 0 Å².